The number of unbranched alkanes of at least 4 members (excludes halogenated alkanes) is 1. The average molecular weight is 502 g/mol. The van der Waals surface area contributed by atoms with Gasteiger partial charge in [0.25, 0.3) is 5.91 Å². The Morgan fingerprint density at radius 2 is 1.75 bits per heavy atom. The van der Waals surface area contributed by atoms with E-state index in [4.69, 9.17) is 20.8 Å². The Morgan fingerprint density at radius 3 is 2.44 bits per heavy atom. The fourth-order valence-corrected chi connectivity index (χ4v) is 4.60. The van der Waals surface area contributed by atoms with Crippen molar-refractivity contribution in [2.24, 2.45) is 0 Å². The van der Waals surface area contributed by atoms with E-state index in [9.17, 15) is 14.4 Å². The second-order valence-electron chi connectivity index (χ2n) is 8.84. The number of anilines is 1. The SMILES string of the molecule is CCCCOC(=O)c1ccc(N2C(=O)c3oc4ccc(Cl)cc4c(=O)c3C2c2ccc(C)cc2)cc1. The van der Waals surface area contributed by atoms with E-state index in [1.807, 2.05) is 38.1 Å². The van der Waals surface area contributed by atoms with Crippen molar-refractivity contribution in [3.05, 3.63) is 110 Å². The third-order valence-corrected chi connectivity index (χ3v) is 6.57. The van der Waals surface area contributed by atoms with Gasteiger partial charge >= 0.3 is 5.97 Å². The molecule has 4 aromatic rings. The van der Waals surface area contributed by atoms with Crippen LogP contribution in [0.25, 0.3) is 11.0 Å². The first-order valence-corrected chi connectivity index (χ1v) is 12.2. The van der Waals surface area contributed by atoms with Crippen LogP contribution in [0.4, 0.5) is 5.69 Å². The smallest absolute Gasteiger partial charge is 0.338 e. The Morgan fingerprint density at radius 1 is 1.03 bits per heavy atom. The van der Waals surface area contributed by atoms with E-state index in [0.717, 1.165) is 24.0 Å². The molecule has 0 bridgehead atoms. The second-order valence-corrected chi connectivity index (χ2v) is 9.28. The number of benzene rings is 3. The fourth-order valence-electron chi connectivity index (χ4n) is 4.43. The summed E-state index contributed by atoms with van der Waals surface area (Å²) in [6.07, 6.45) is 1.72. The predicted octanol–water partition coefficient (Wildman–Crippen LogP) is 6.46. The van der Waals surface area contributed by atoms with Crippen molar-refractivity contribution in [2.45, 2.75) is 32.7 Å². The summed E-state index contributed by atoms with van der Waals surface area (Å²) in [4.78, 5) is 41.2. The zero-order valence-corrected chi connectivity index (χ0v) is 20.7. The molecule has 36 heavy (non-hydrogen) atoms. The molecular weight excluding hydrogens is 478 g/mol. The zero-order chi connectivity index (χ0) is 25.4. The first-order chi connectivity index (χ1) is 17.4. The normalized spacial score (nSPS) is 14.8. The molecule has 6 nitrogen and oxygen atoms in total. The molecule has 1 aliphatic rings. The van der Waals surface area contributed by atoms with Gasteiger partial charge in [-0.2, -0.15) is 0 Å². The molecule has 182 valence electrons. The number of nitrogens with zero attached hydrogens (tertiary/aromatic N) is 1. The maximum atomic E-state index is 13.7. The van der Waals surface area contributed by atoms with E-state index < -0.39 is 17.9 Å². The number of esters is 1. The van der Waals surface area contributed by atoms with Crippen LogP contribution in [0.15, 0.2) is 75.9 Å². The molecule has 1 aromatic heterocycles. The molecule has 1 amide bonds. The highest BCUT2D eigenvalue weighted by atomic mass is 35.5. The topological polar surface area (TPSA) is 76.8 Å². The number of carbonyl (C=O) groups excluding carboxylic acids is 2. The first kappa shape index (κ1) is 23.8. The van der Waals surface area contributed by atoms with Gasteiger partial charge in [0.1, 0.15) is 5.58 Å². The monoisotopic (exact) mass is 501 g/mol. The number of hydrogen-bond donors (Lipinski definition) is 0. The summed E-state index contributed by atoms with van der Waals surface area (Å²) in [5.74, 6) is -0.840. The van der Waals surface area contributed by atoms with Crippen molar-refractivity contribution in [3.8, 4) is 0 Å². The molecule has 5 rings (SSSR count). The van der Waals surface area contributed by atoms with E-state index >= 15 is 0 Å². The Hall–Kier alpha value is -3.90. The molecule has 0 saturated carbocycles. The van der Waals surface area contributed by atoms with Gasteiger partial charge in [-0.3, -0.25) is 14.5 Å². The molecule has 1 aliphatic heterocycles. The van der Waals surface area contributed by atoms with Gasteiger partial charge in [-0.05, 0) is 61.4 Å². The van der Waals surface area contributed by atoms with E-state index in [2.05, 4.69) is 0 Å². The van der Waals surface area contributed by atoms with Gasteiger partial charge < -0.3 is 9.15 Å². The summed E-state index contributed by atoms with van der Waals surface area (Å²) in [5, 5.41) is 0.724. The largest absolute Gasteiger partial charge is 0.462 e. The van der Waals surface area contributed by atoms with Crippen LogP contribution in [0, 0.1) is 6.92 Å². The molecule has 7 heteroatoms. The molecule has 1 unspecified atom stereocenters. The summed E-state index contributed by atoms with van der Waals surface area (Å²) < 4.78 is 11.3. The lowest BCUT2D eigenvalue weighted by molar-refractivity contribution is 0.0499. The van der Waals surface area contributed by atoms with Crippen molar-refractivity contribution in [2.75, 3.05) is 11.5 Å². The highest BCUT2D eigenvalue weighted by Crippen LogP contribution is 2.41. The van der Waals surface area contributed by atoms with Crippen molar-refractivity contribution in [3.63, 3.8) is 0 Å². The quantitative estimate of drug-likeness (QED) is 0.224. The standard InChI is InChI=1S/C29H24ClNO5/c1-3-4-15-35-29(34)19-9-12-21(13-10-19)31-25(18-7-5-17(2)6-8-18)24-26(32)22-16-20(30)11-14-23(22)36-27(24)28(31)33/h5-14,16,25H,3-4,15H2,1-2H3. The fraction of sp³-hybridized carbons (Fsp3) is 0.207. The van der Waals surface area contributed by atoms with Crippen LogP contribution < -0.4 is 10.3 Å². The lowest BCUT2D eigenvalue weighted by atomic mass is 9.97. The third-order valence-electron chi connectivity index (χ3n) is 6.34. The lowest BCUT2D eigenvalue weighted by Crippen LogP contribution is -2.29. The molecule has 3 aromatic carbocycles. The van der Waals surface area contributed by atoms with Gasteiger partial charge in [-0.1, -0.05) is 54.8 Å². The van der Waals surface area contributed by atoms with Crippen molar-refractivity contribution in [1.82, 2.24) is 0 Å². The molecule has 0 saturated heterocycles. The van der Waals surface area contributed by atoms with Crippen LogP contribution in [-0.4, -0.2) is 18.5 Å². The maximum Gasteiger partial charge on any atom is 0.338 e. The van der Waals surface area contributed by atoms with Crippen molar-refractivity contribution in [1.29, 1.82) is 0 Å². The average Bonchev–Trinajstić information content (AvgIpc) is 3.17. The van der Waals surface area contributed by atoms with Gasteiger partial charge in [0.05, 0.1) is 29.2 Å². The summed E-state index contributed by atoms with van der Waals surface area (Å²) in [6.45, 7) is 4.35. The van der Waals surface area contributed by atoms with Crippen LogP contribution >= 0.6 is 11.6 Å². The van der Waals surface area contributed by atoms with Gasteiger partial charge in [-0.25, -0.2) is 4.79 Å². The minimum absolute atomic E-state index is 0.00319. The number of halogens is 1. The molecule has 0 fully saturated rings. The Balaban J connectivity index is 1.62. The van der Waals surface area contributed by atoms with Crippen LogP contribution in [-0.2, 0) is 4.74 Å². The predicted molar refractivity (Wildman–Crippen MR) is 139 cm³/mol. The molecule has 0 N–H and O–H groups in total. The van der Waals surface area contributed by atoms with Crippen LogP contribution in [0.3, 0.4) is 0 Å². The minimum atomic E-state index is -0.699. The van der Waals surface area contributed by atoms with E-state index in [-0.39, 0.29) is 16.8 Å². The number of aryl methyl sites for hydroxylation is 1. The summed E-state index contributed by atoms with van der Waals surface area (Å²) in [7, 11) is 0. The molecule has 0 radical (unpaired) electrons. The number of rotatable bonds is 6. The van der Waals surface area contributed by atoms with E-state index in [0.29, 0.717) is 33.8 Å². The Labute approximate surface area is 213 Å². The first-order valence-electron chi connectivity index (χ1n) is 11.8. The van der Waals surface area contributed by atoms with Crippen LogP contribution in [0.5, 0.6) is 0 Å². The molecule has 1 atom stereocenters. The van der Waals surface area contributed by atoms with Gasteiger partial charge in [0.15, 0.2) is 5.43 Å². The molecule has 0 spiro atoms. The minimum Gasteiger partial charge on any atom is -0.462 e. The molecule has 0 aliphatic carbocycles. The highest BCUT2D eigenvalue weighted by molar-refractivity contribution is 6.31. The number of ether oxygens (including phenoxy) is 1. The van der Waals surface area contributed by atoms with Gasteiger partial charge in [0, 0.05) is 10.7 Å². The lowest BCUT2D eigenvalue weighted by Gasteiger charge is -2.25. The molecular formula is C29H24ClNO5. The maximum absolute atomic E-state index is 13.7. The number of amides is 1. The third kappa shape index (κ3) is 4.18. The summed E-state index contributed by atoms with van der Waals surface area (Å²) >= 11 is 6.15. The Kier molecular flexibility index (Phi) is 6.37. The second kappa shape index (κ2) is 9.63. The van der Waals surface area contributed by atoms with Crippen molar-refractivity contribution < 1.29 is 18.7 Å². The van der Waals surface area contributed by atoms with Gasteiger partial charge in [-0.15, -0.1) is 0 Å². The summed E-state index contributed by atoms with van der Waals surface area (Å²) in [5.41, 5.74) is 3.01. The van der Waals surface area contributed by atoms with E-state index in [1.54, 1.807) is 42.5 Å². The summed E-state index contributed by atoms with van der Waals surface area (Å²) in [6, 6.07) is 18.3. The highest BCUT2D eigenvalue weighted by Gasteiger charge is 2.43. The number of fused-ring (bicyclic) bond motifs is 2. The van der Waals surface area contributed by atoms with Crippen molar-refractivity contribution >= 4 is 40.1 Å². The number of carbonyl (C=O) groups is 2. The molecule has 2 heterocycles. The van der Waals surface area contributed by atoms with Gasteiger partial charge in [0.2, 0.25) is 5.76 Å². The number of hydrogen-bond acceptors (Lipinski definition) is 5. The Bertz CT molecular complexity index is 1520. The van der Waals surface area contributed by atoms with Crippen LogP contribution in [0.1, 0.15) is 63.4 Å². The zero-order valence-electron chi connectivity index (χ0n) is 19.9. The van der Waals surface area contributed by atoms with Crippen LogP contribution in [0.2, 0.25) is 5.02 Å². The van der Waals surface area contributed by atoms with E-state index in [1.165, 1.54) is 4.90 Å².